The Morgan fingerprint density at radius 2 is 0.726 bits per heavy atom. The standard InChI is InChI=1S/C57H36N4O/c1-4-14-37(15-5-1)39-24-28-42(29-25-39)55-58-56(43-30-26-40(27-31-43)38-16-6-2-7-17-38)60-57(59-55)44-32-33-48-50-36-45(35-49(41-18-8-3-9-19-41)54(50)62-53(48)34-44)61-51-22-12-10-20-46(51)47-21-11-13-23-52(47)61/h1-36H. The molecule has 0 fully saturated rings. The average molecular weight is 793 g/mol. The van der Waals surface area contributed by atoms with Crippen LogP contribution < -0.4 is 0 Å². The van der Waals surface area contributed by atoms with Crippen LogP contribution in [0.3, 0.4) is 0 Å². The second kappa shape index (κ2) is 14.7. The Hall–Kier alpha value is -8.41. The third-order valence-electron chi connectivity index (χ3n) is 11.9. The fourth-order valence-corrected chi connectivity index (χ4v) is 8.81. The number of furan rings is 1. The maximum absolute atomic E-state index is 6.91. The van der Waals surface area contributed by atoms with Gasteiger partial charge < -0.3 is 8.98 Å². The molecule has 62 heavy (non-hydrogen) atoms. The molecule has 0 aliphatic carbocycles. The molecule has 0 N–H and O–H groups in total. The van der Waals surface area contributed by atoms with E-state index in [-0.39, 0.29) is 0 Å². The Morgan fingerprint density at radius 3 is 1.26 bits per heavy atom. The van der Waals surface area contributed by atoms with Crippen molar-refractivity contribution in [2.45, 2.75) is 0 Å². The molecular formula is C57H36N4O. The molecule has 0 saturated carbocycles. The maximum Gasteiger partial charge on any atom is 0.164 e. The van der Waals surface area contributed by atoms with Crippen LogP contribution in [0.15, 0.2) is 223 Å². The van der Waals surface area contributed by atoms with Crippen molar-refractivity contribution in [2.75, 3.05) is 0 Å². The minimum atomic E-state index is 0.570. The van der Waals surface area contributed by atoms with Crippen molar-refractivity contribution >= 4 is 43.7 Å². The van der Waals surface area contributed by atoms with Gasteiger partial charge in [-0.1, -0.05) is 182 Å². The van der Waals surface area contributed by atoms with E-state index in [0.717, 1.165) is 88.7 Å². The molecule has 0 radical (unpaired) electrons. The molecule has 0 saturated heterocycles. The molecule has 5 nitrogen and oxygen atoms in total. The van der Waals surface area contributed by atoms with Gasteiger partial charge in [-0.2, -0.15) is 0 Å². The molecule has 0 unspecified atom stereocenters. The van der Waals surface area contributed by atoms with E-state index in [0.29, 0.717) is 17.5 Å². The average Bonchev–Trinajstić information content (AvgIpc) is 3.90. The largest absolute Gasteiger partial charge is 0.455 e. The zero-order valence-corrected chi connectivity index (χ0v) is 33.5. The zero-order chi connectivity index (χ0) is 41.0. The highest BCUT2D eigenvalue weighted by molar-refractivity contribution is 6.13. The van der Waals surface area contributed by atoms with Crippen LogP contribution in [0.2, 0.25) is 0 Å². The number of hydrogen-bond acceptors (Lipinski definition) is 4. The summed E-state index contributed by atoms with van der Waals surface area (Å²) in [5.74, 6) is 1.77. The van der Waals surface area contributed by atoms with Gasteiger partial charge in [-0.25, -0.2) is 15.0 Å². The first-order chi connectivity index (χ1) is 30.7. The van der Waals surface area contributed by atoms with E-state index in [2.05, 4.69) is 211 Å². The molecule has 0 aliphatic rings. The summed E-state index contributed by atoms with van der Waals surface area (Å²) in [6.07, 6.45) is 0. The first kappa shape index (κ1) is 35.5. The minimum absolute atomic E-state index is 0.570. The van der Waals surface area contributed by atoms with Gasteiger partial charge in [-0.05, 0) is 64.2 Å². The van der Waals surface area contributed by atoms with Gasteiger partial charge in [-0.3, -0.25) is 0 Å². The number of hydrogen-bond donors (Lipinski definition) is 0. The lowest BCUT2D eigenvalue weighted by atomic mass is 10.0. The Morgan fingerprint density at radius 1 is 0.306 bits per heavy atom. The van der Waals surface area contributed by atoms with E-state index in [1.54, 1.807) is 0 Å². The van der Waals surface area contributed by atoms with E-state index >= 15 is 0 Å². The molecule has 5 heteroatoms. The molecule has 0 amide bonds. The summed E-state index contributed by atoms with van der Waals surface area (Å²) < 4.78 is 9.28. The van der Waals surface area contributed by atoms with Gasteiger partial charge in [-0.15, -0.1) is 0 Å². The maximum atomic E-state index is 6.91. The highest BCUT2D eigenvalue weighted by Gasteiger charge is 2.20. The quantitative estimate of drug-likeness (QED) is 0.161. The molecule has 12 aromatic rings. The molecule has 3 heterocycles. The van der Waals surface area contributed by atoms with E-state index in [1.165, 1.54) is 10.8 Å². The number of benzene rings is 9. The number of para-hydroxylation sites is 2. The summed E-state index contributed by atoms with van der Waals surface area (Å²) in [6, 6.07) is 76.3. The predicted molar refractivity (Wildman–Crippen MR) is 254 cm³/mol. The smallest absolute Gasteiger partial charge is 0.164 e. The van der Waals surface area contributed by atoms with Crippen LogP contribution in [-0.2, 0) is 0 Å². The third kappa shape index (κ3) is 6.14. The lowest BCUT2D eigenvalue weighted by Gasteiger charge is -2.11. The summed E-state index contributed by atoms with van der Waals surface area (Å²) in [5, 5.41) is 4.51. The summed E-state index contributed by atoms with van der Waals surface area (Å²) in [4.78, 5) is 15.3. The molecule has 3 aromatic heterocycles. The van der Waals surface area contributed by atoms with E-state index in [4.69, 9.17) is 19.4 Å². The Labute approximate surface area is 357 Å². The third-order valence-corrected chi connectivity index (χ3v) is 11.9. The second-order valence-electron chi connectivity index (χ2n) is 15.6. The van der Waals surface area contributed by atoms with Crippen LogP contribution in [0.4, 0.5) is 0 Å². The van der Waals surface area contributed by atoms with Gasteiger partial charge >= 0.3 is 0 Å². The van der Waals surface area contributed by atoms with Crippen LogP contribution in [0.5, 0.6) is 0 Å². The van der Waals surface area contributed by atoms with Crippen LogP contribution >= 0.6 is 0 Å². The van der Waals surface area contributed by atoms with Crippen LogP contribution in [0.25, 0.3) is 117 Å². The second-order valence-corrected chi connectivity index (χ2v) is 15.6. The summed E-state index contributed by atoms with van der Waals surface area (Å²) in [5.41, 5.74) is 14.3. The topological polar surface area (TPSA) is 56.7 Å². The van der Waals surface area contributed by atoms with Crippen molar-refractivity contribution < 1.29 is 4.42 Å². The van der Waals surface area contributed by atoms with Crippen molar-refractivity contribution in [1.82, 2.24) is 19.5 Å². The van der Waals surface area contributed by atoms with Crippen LogP contribution in [0, 0.1) is 0 Å². The lowest BCUT2D eigenvalue weighted by Crippen LogP contribution is -2.00. The van der Waals surface area contributed by atoms with Crippen molar-refractivity contribution in [2.24, 2.45) is 0 Å². The van der Waals surface area contributed by atoms with Crippen molar-refractivity contribution in [3.05, 3.63) is 218 Å². The number of rotatable bonds is 7. The van der Waals surface area contributed by atoms with E-state index in [9.17, 15) is 0 Å². The van der Waals surface area contributed by atoms with Crippen molar-refractivity contribution in [1.29, 1.82) is 0 Å². The highest BCUT2D eigenvalue weighted by atomic mass is 16.3. The molecular weight excluding hydrogens is 757 g/mol. The predicted octanol–water partition coefficient (Wildman–Crippen LogP) is 14.9. The molecule has 0 atom stereocenters. The van der Waals surface area contributed by atoms with Crippen molar-refractivity contribution in [3.8, 4) is 73.2 Å². The molecule has 0 spiro atoms. The van der Waals surface area contributed by atoms with Gasteiger partial charge in [0.2, 0.25) is 0 Å². The monoisotopic (exact) mass is 792 g/mol. The van der Waals surface area contributed by atoms with Gasteiger partial charge in [0, 0.05) is 49.5 Å². The van der Waals surface area contributed by atoms with Gasteiger partial charge in [0.15, 0.2) is 17.5 Å². The van der Waals surface area contributed by atoms with Crippen LogP contribution in [-0.4, -0.2) is 19.5 Å². The molecule has 12 rings (SSSR count). The Balaban J connectivity index is 1.02. The SMILES string of the molecule is c1ccc(-c2ccc(-c3nc(-c4ccc(-c5ccccc5)cc4)nc(-c4ccc5c(c4)oc4c(-c6ccccc6)cc(-n6c7ccccc7c7ccccc76)cc45)n3)cc2)cc1. The fraction of sp³-hybridized carbons (Fsp3) is 0. The van der Waals surface area contributed by atoms with Crippen LogP contribution in [0.1, 0.15) is 0 Å². The molecule has 9 aromatic carbocycles. The van der Waals surface area contributed by atoms with Gasteiger partial charge in [0.25, 0.3) is 0 Å². The molecule has 290 valence electrons. The lowest BCUT2D eigenvalue weighted by molar-refractivity contribution is 0.670. The molecule has 0 bridgehead atoms. The van der Waals surface area contributed by atoms with Gasteiger partial charge in [0.05, 0.1) is 11.0 Å². The number of aromatic nitrogens is 4. The van der Waals surface area contributed by atoms with Gasteiger partial charge in [0.1, 0.15) is 11.2 Å². The number of fused-ring (bicyclic) bond motifs is 6. The first-order valence-corrected chi connectivity index (χ1v) is 20.8. The fourth-order valence-electron chi connectivity index (χ4n) is 8.81. The zero-order valence-electron chi connectivity index (χ0n) is 33.5. The minimum Gasteiger partial charge on any atom is -0.455 e. The highest BCUT2D eigenvalue weighted by Crippen LogP contribution is 2.41. The Kier molecular flexibility index (Phi) is 8.42. The Bertz CT molecular complexity index is 3440. The van der Waals surface area contributed by atoms with E-state index in [1.807, 2.05) is 12.1 Å². The molecule has 0 aliphatic heterocycles. The van der Waals surface area contributed by atoms with Crippen molar-refractivity contribution in [3.63, 3.8) is 0 Å². The van der Waals surface area contributed by atoms with E-state index < -0.39 is 0 Å². The summed E-state index contributed by atoms with van der Waals surface area (Å²) in [7, 11) is 0. The first-order valence-electron chi connectivity index (χ1n) is 20.8. The number of nitrogens with zero attached hydrogens (tertiary/aromatic N) is 4. The summed E-state index contributed by atoms with van der Waals surface area (Å²) >= 11 is 0. The summed E-state index contributed by atoms with van der Waals surface area (Å²) in [6.45, 7) is 0. The normalized spacial score (nSPS) is 11.5.